The molecule has 1 spiro atoms. The summed E-state index contributed by atoms with van der Waals surface area (Å²) in [5.74, 6) is 1.13. The van der Waals surface area contributed by atoms with E-state index in [-0.39, 0.29) is 30.0 Å². The number of ether oxygens (including phenoxy) is 1. The average Bonchev–Trinajstić information content (AvgIpc) is 3.07. The van der Waals surface area contributed by atoms with Crippen LogP contribution < -0.4 is 10.5 Å². The zero-order chi connectivity index (χ0) is 16.9. The third kappa shape index (κ3) is 2.23. The van der Waals surface area contributed by atoms with Gasteiger partial charge >= 0.3 is 0 Å². The SMILES string of the molecule is CC1C2Cc3ncc(OCCF)cc3CN2C(=O)[C@]12CC[C@@H](N)C2. The molecule has 4 atom stereocenters. The van der Waals surface area contributed by atoms with Crippen LogP contribution in [0.4, 0.5) is 4.39 Å². The molecule has 1 saturated heterocycles. The van der Waals surface area contributed by atoms with E-state index in [1.807, 2.05) is 11.0 Å². The first-order valence-electron chi connectivity index (χ1n) is 8.78. The van der Waals surface area contributed by atoms with Crippen LogP contribution in [-0.2, 0) is 17.8 Å². The fraction of sp³-hybridized carbons (Fsp3) is 0.667. The molecule has 3 aliphatic rings. The van der Waals surface area contributed by atoms with E-state index >= 15 is 0 Å². The number of pyridine rings is 1. The van der Waals surface area contributed by atoms with Crippen LogP contribution in [0.5, 0.6) is 5.75 Å². The maximum Gasteiger partial charge on any atom is 0.229 e. The summed E-state index contributed by atoms with van der Waals surface area (Å²) in [6.07, 6.45) is 5.07. The maximum atomic E-state index is 13.2. The monoisotopic (exact) mass is 333 g/mol. The molecule has 3 heterocycles. The Labute approximate surface area is 141 Å². The van der Waals surface area contributed by atoms with E-state index < -0.39 is 6.67 Å². The largest absolute Gasteiger partial charge is 0.489 e. The van der Waals surface area contributed by atoms with Gasteiger partial charge in [0.05, 0.1) is 11.6 Å². The summed E-state index contributed by atoms with van der Waals surface area (Å²) in [5.41, 5.74) is 7.89. The van der Waals surface area contributed by atoms with Crippen molar-refractivity contribution >= 4 is 5.91 Å². The van der Waals surface area contributed by atoms with Crippen LogP contribution >= 0.6 is 0 Å². The average molecular weight is 333 g/mol. The number of aromatic nitrogens is 1. The van der Waals surface area contributed by atoms with Crippen LogP contribution in [0.1, 0.15) is 37.4 Å². The van der Waals surface area contributed by atoms with E-state index in [9.17, 15) is 9.18 Å². The zero-order valence-electron chi connectivity index (χ0n) is 14.0. The molecule has 1 amide bonds. The van der Waals surface area contributed by atoms with Crippen molar-refractivity contribution in [3.05, 3.63) is 23.5 Å². The van der Waals surface area contributed by atoms with Gasteiger partial charge in [0.2, 0.25) is 5.91 Å². The van der Waals surface area contributed by atoms with E-state index in [4.69, 9.17) is 10.5 Å². The molecule has 2 unspecified atom stereocenters. The fourth-order valence-electron chi connectivity index (χ4n) is 4.92. The van der Waals surface area contributed by atoms with E-state index in [2.05, 4.69) is 11.9 Å². The number of carbonyl (C=O) groups is 1. The van der Waals surface area contributed by atoms with Crippen molar-refractivity contribution in [2.75, 3.05) is 13.3 Å². The predicted molar refractivity (Wildman–Crippen MR) is 87.2 cm³/mol. The first-order chi connectivity index (χ1) is 11.5. The van der Waals surface area contributed by atoms with Crippen molar-refractivity contribution in [2.45, 2.75) is 51.2 Å². The van der Waals surface area contributed by atoms with E-state index in [0.29, 0.717) is 18.2 Å². The molecule has 24 heavy (non-hydrogen) atoms. The van der Waals surface area contributed by atoms with Gasteiger partial charge in [0.15, 0.2) is 0 Å². The van der Waals surface area contributed by atoms with Crippen molar-refractivity contribution in [1.82, 2.24) is 9.88 Å². The molecule has 0 bridgehead atoms. The number of amides is 1. The first-order valence-corrected chi connectivity index (χ1v) is 8.78. The lowest BCUT2D eigenvalue weighted by Gasteiger charge is -2.32. The molecule has 1 aliphatic carbocycles. The maximum absolute atomic E-state index is 13.2. The molecule has 4 rings (SSSR count). The van der Waals surface area contributed by atoms with Crippen LogP contribution in [-0.4, -0.2) is 41.2 Å². The lowest BCUT2D eigenvalue weighted by Crippen LogP contribution is -2.40. The summed E-state index contributed by atoms with van der Waals surface area (Å²) in [6.45, 7) is 2.28. The van der Waals surface area contributed by atoms with Gasteiger partial charge in [-0.1, -0.05) is 6.92 Å². The number of hydrogen-bond donors (Lipinski definition) is 1. The molecule has 0 aromatic carbocycles. The lowest BCUT2D eigenvalue weighted by atomic mass is 9.73. The molecule has 1 saturated carbocycles. The van der Waals surface area contributed by atoms with E-state index in [0.717, 1.165) is 36.9 Å². The van der Waals surface area contributed by atoms with Gasteiger partial charge in [-0.25, -0.2) is 4.39 Å². The number of halogens is 1. The number of carbonyl (C=O) groups excluding carboxylic acids is 1. The summed E-state index contributed by atoms with van der Waals surface area (Å²) in [7, 11) is 0. The minimum Gasteiger partial charge on any atom is -0.489 e. The van der Waals surface area contributed by atoms with Gasteiger partial charge in [-0.15, -0.1) is 0 Å². The first kappa shape index (κ1) is 15.8. The normalized spacial score (nSPS) is 34.5. The summed E-state index contributed by atoms with van der Waals surface area (Å²) >= 11 is 0. The molecule has 2 fully saturated rings. The number of hydrogen-bond acceptors (Lipinski definition) is 4. The summed E-state index contributed by atoms with van der Waals surface area (Å²) in [4.78, 5) is 19.7. The van der Waals surface area contributed by atoms with Crippen LogP contribution in [0.25, 0.3) is 0 Å². The summed E-state index contributed by atoms with van der Waals surface area (Å²) in [6, 6.07) is 2.25. The number of nitrogens with two attached hydrogens (primary N) is 1. The molecular formula is C18H24FN3O2. The summed E-state index contributed by atoms with van der Waals surface area (Å²) < 4.78 is 17.6. The Kier molecular flexibility index (Phi) is 3.75. The molecule has 2 N–H and O–H groups in total. The molecule has 1 aromatic heterocycles. The highest BCUT2D eigenvalue weighted by atomic mass is 19.1. The number of fused-ring (bicyclic) bond motifs is 2. The van der Waals surface area contributed by atoms with Crippen LogP contribution in [0.3, 0.4) is 0 Å². The second kappa shape index (κ2) is 5.69. The standard InChI is InChI=1S/C18H24FN3O2/c1-11-16-7-15-12(6-14(9-21-15)24-5-4-19)10-22(16)17(23)18(11)3-2-13(20)8-18/h6,9,11,13,16H,2-5,7-8,10,20H2,1H3/t11?,13-,16?,18+/m1/s1. The third-order valence-electron chi connectivity index (χ3n) is 6.25. The second-order valence-electron chi connectivity index (χ2n) is 7.47. The third-order valence-corrected chi connectivity index (χ3v) is 6.25. The van der Waals surface area contributed by atoms with Gasteiger partial charge in [-0.2, -0.15) is 0 Å². The minimum absolute atomic E-state index is 0.0315. The van der Waals surface area contributed by atoms with Crippen molar-refractivity contribution in [2.24, 2.45) is 17.1 Å². The van der Waals surface area contributed by atoms with Crippen molar-refractivity contribution in [3.8, 4) is 5.75 Å². The number of alkyl halides is 1. The van der Waals surface area contributed by atoms with Gasteiger partial charge in [-0.3, -0.25) is 9.78 Å². The Balaban J connectivity index is 1.61. The highest BCUT2D eigenvalue weighted by Crippen LogP contribution is 2.54. The molecule has 6 heteroatoms. The van der Waals surface area contributed by atoms with Gasteiger partial charge in [0.25, 0.3) is 0 Å². The molecule has 0 radical (unpaired) electrons. The topological polar surface area (TPSA) is 68.5 Å². The van der Waals surface area contributed by atoms with E-state index in [1.54, 1.807) is 6.20 Å². The smallest absolute Gasteiger partial charge is 0.229 e. The minimum atomic E-state index is -0.524. The van der Waals surface area contributed by atoms with Crippen LogP contribution in [0.15, 0.2) is 12.3 Å². The fourth-order valence-corrected chi connectivity index (χ4v) is 4.92. The van der Waals surface area contributed by atoms with Crippen LogP contribution in [0.2, 0.25) is 0 Å². The van der Waals surface area contributed by atoms with Gasteiger partial charge in [0, 0.05) is 30.7 Å². The van der Waals surface area contributed by atoms with Crippen molar-refractivity contribution in [3.63, 3.8) is 0 Å². The number of nitrogens with zero attached hydrogens (tertiary/aromatic N) is 2. The van der Waals surface area contributed by atoms with Crippen LogP contribution in [0, 0.1) is 11.3 Å². The predicted octanol–water partition coefficient (Wildman–Crippen LogP) is 1.83. The zero-order valence-corrected chi connectivity index (χ0v) is 14.0. The summed E-state index contributed by atoms with van der Waals surface area (Å²) in [5, 5.41) is 0. The Morgan fingerprint density at radius 3 is 3.08 bits per heavy atom. The molecular weight excluding hydrogens is 309 g/mol. The lowest BCUT2D eigenvalue weighted by molar-refractivity contribution is -0.137. The Morgan fingerprint density at radius 2 is 2.38 bits per heavy atom. The van der Waals surface area contributed by atoms with Crippen molar-refractivity contribution in [1.29, 1.82) is 0 Å². The quantitative estimate of drug-likeness (QED) is 0.916. The Hall–Kier alpha value is -1.69. The number of rotatable bonds is 3. The Bertz CT molecular complexity index is 668. The van der Waals surface area contributed by atoms with Gasteiger partial charge in [0.1, 0.15) is 19.0 Å². The van der Waals surface area contributed by atoms with Gasteiger partial charge in [-0.05, 0) is 36.8 Å². The van der Waals surface area contributed by atoms with Crippen molar-refractivity contribution < 1.29 is 13.9 Å². The highest BCUT2D eigenvalue weighted by Gasteiger charge is 2.59. The second-order valence-corrected chi connectivity index (χ2v) is 7.47. The highest BCUT2D eigenvalue weighted by molar-refractivity contribution is 5.87. The Morgan fingerprint density at radius 1 is 1.54 bits per heavy atom. The van der Waals surface area contributed by atoms with E-state index in [1.165, 1.54) is 0 Å². The molecule has 2 aliphatic heterocycles. The molecule has 1 aromatic rings. The molecule has 130 valence electrons. The van der Waals surface area contributed by atoms with Gasteiger partial charge < -0.3 is 15.4 Å². The molecule has 5 nitrogen and oxygen atoms in total.